The third-order valence-electron chi connectivity index (χ3n) is 5.43. The second-order valence-corrected chi connectivity index (χ2v) is 9.45. The number of nitrogens with one attached hydrogen (secondary N) is 2. The van der Waals surface area contributed by atoms with Crippen molar-refractivity contribution >= 4 is 33.7 Å². The molecule has 3 unspecified atom stereocenters. The molecule has 26 heavy (non-hydrogen) atoms. The van der Waals surface area contributed by atoms with Crippen LogP contribution in [-0.2, 0) is 19.1 Å². The SMILES string of the molecule is CNC(=O)[C@H]1[C@@H]2OC3(CC2Br)C(C(=O)NC(C)(C)C)N(CCO)C(=O)[C@H]13. The lowest BCUT2D eigenvalue weighted by Crippen LogP contribution is -2.59. The molecule has 3 N–H and O–H groups in total. The Labute approximate surface area is 161 Å². The summed E-state index contributed by atoms with van der Waals surface area (Å²) in [5.74, 6) is -2.26. The predicted octanol–water partition coefficient (Wildman–Crippen LogP) is -0.613. The minimum Gasteiger partial charge on any atom is -0.395 e. The Hall–Kier alpha value is -1.19. The Kier molecular flexibility index (Phi) is 4.86. The fraction of sp³-hybridized carbons (Fsp3) is 0.824. The highest BCUT2D eigenvalue weighted by atomic mass is 79.9. The van der Waals surface area contributed by atoms with Crippen LogP contribution < -0.4 is 10.6 Å². The molecule has 0 aromatic rings. The maximum atomic E-state index is 13.1. The number of rotatable bonds is 4. The highest BCUT2D eigenvalue weighted by Crippen LogP contribution is 2.59. The number of carbonyl (C=O) groups excluding carboxylic acids is 3. The normalized spacial score (nSPS) is 38.5. The third-order valence-corrected chi connectivity index (χ3v) is 6.27. The molecule has 0 aromatic heterocycles. The van der Waals surface area contributed by atoms with Crippen molar-refractivity contribution in [2.45, 2.75) is 55.3 Å². The van der Waals surface area contributed by atoms with Gasteiger partial charge in [0.2, 0.25) is 17.7 Å². The molecule has 3 aliphatic heterocycles. The number of β-amino-alcohol motifs (C(OH)–C–C–N with tert-alkyl or cyclic N) is 1. The Balaban J connectivity index is 2.04. The average Bonchev–Trinajstić information content (AvgIpc) is 3.10. The van der Waals surface area contributed by atoms with Crippen LogP contribution in [0.4, 0.5) is 0 Å². The van der Waals surface area contributed by atoms with Gasteiger partial charge in [0.25, 0.3) is 0 Å². The summed E-state index contributed by atoms with van der Waals surface area (Å²) in [4.78, 5) is 40.0. The van der Waals surface area contributed by atoms with E-state index in [2.05, 4.69) is 26.6 Å². The van der Waals surface area contributed by atoms with E-state index in [1.54, 1.807) is 0 Å². The van der Waals surface area contributed by atoms with Gasteiger partial charge < -0.3 is 25.4 Å². The fourth-order valence-corrected chi connectivity index (χ4v) is 5.63. The van der Waals surface area contributed by atoms with E-state index in [1.165, 1.54) is 11.9 Å². The highest BCUT2D eigenvalue weighted by molar-refractivity contribution is 9.09. The number of aliphatic hydroxyl groups is 1. The molecule has 3 heterocycles. The van der Waals surface area contributed by atoms with Gasteiger partial charge in [0.15, 0.2) is 0 Å². The van der Waals surface area contributed by atoms with Crippen molar-refractivity contribution in [3.8, 4) is 0 Å². The highest BCUT2D eigenvalue weighted by Gasteiger charge is 2.76. The number of hydrogen-bond acceptors (Lipinski definition) is 5. The van der Waals surface area contributed by atoms with E-state index in [0.717, 1.165) is 0 Å². The zero-order valence-electron chi connectivity index (χ0n) is 15.4. The van der Waals surface area contributed by atoms with Crippen LogP contribution in [-0.4, -0.2) is 76.0 Å². The van der Waals surface area contributed by atoms with E-state index < -0.39 is 35.1 Å². The molecule has 2 bridgehead atoms. The monoisotopic (exact) mass is 431 g/mol. The van der Waals surface area contributed by atoms with Crippen LogP contribution in [0.15, 0.2) is 0 Å². The second-order valence-electron chi connectivity index (χ2n) is 8.27. The van der Waals surface area contributed by atoms with Crippen molar-refractivity contribution in [2.24, 2.45) is 11.8 Å². The molecule has 3 aliphatic rings. The third kappa shape index (κ3) is 2.75. The summed E-state index contributed by atoms with van der Waals surface area (Å²) in [6.45, 7) is 5.35. The van der Waals surface area contributed by atoms with Crippen LogP contribution in [0.5, 0.6) is 0 Å². The lowest BCUT2D eigenvalue weighted by Gasteiger charge is -2.35. The minimum absolute atomic E-state index is 0.0285. The van der Waals surface area contributed by atoms with Crippen molar-refractivity contribution in [2.75, 3.05) is 20.2 Å². The Bertz CT molecular complexity index is 636. The lowest BCUT2D eigenvalue weighted by atomic mass is 9.70. The number of likely N-dealkylation sites (tertiary alicyclic amines) is 1. The van der Waals surface area contributed by atoms with Gasteiger partial charge in [-0.25, -0.2) is 0 Å². The summed E-state index contributed by atoms with van der Waals surface area (Å²) in [5.41, 5.74) is -1.54. The molecule has 3 rings (SSSR count). The second kappa shape index (κ2) is 6.45. The van der Waals surface area contributed by atoms with Gasteiger partial charge in [-0.15, -0.1) is 0 Å². The zero-order chi connectivity index (χ0) is 19.4. The van der Waals surface area contributed by atoms with Crippen LogP contribution in [0.25, 0.3) is 0 Å². The van der Waals surface area contributed by atoms with Gasteiger partial charge in [-0.1, -0.05) is 15.9 Å². The molecular weight excluding hydrogens is 406 g/mol. The van der Waals surface area contributed by atoms with Gasteiger partial charge in [-0.05, 0) is 27.2 Å². The number of halogens is 1. The van der Waals surface area contributed by atoms with E-state index in [1.807, 2.05) is 20.8 Å². The molecule has 0 saturated carbocycles. The Morgan fingerprint density at radius 1 is 1.38 bits per heavy atom. The average molecular weight is 432 g/mol. The molecule has 8 nitrogen and oxygen atoms in total. The molecule has 0 aliphatic carbocycles. The first kappa shape index (κ1) is 19.6. The Morgan fingerprint density at radius 2 is 2.04 bits per heavy atom. The number of nitrogens with zero attached hydrogens (tertiary/aromatic N) is 1. The van der Waals surface area contributed by atoms with E-state index in [0.29, 0.717) is 6.42 Å². The topological polar surface area (TPSA) is 108 Å². The maximum Gasteiger partial charge on any atom is 0.246 e. The van der Waals surface area contributed by atoms with E-state index in [4.69, 9.17) is 4.74 Å². The first-order chi connectivity index (χ1) is 12.1. The van der Waals surface area contributed by atoms with Crippen molar-refractivity contribution in [1.82, 2.24) is 15.5 Å². The molecule has 146 valence electrons. The molecule has 3 saturated heterocycles. The van der Waals surface area contributed by atoms with E-state index in [-0.39, 0.29) is 35.7 Å². The summed E-state index contributed by atoms with van der Waals surface area (Å²) < 4.78 is 6.21. The largest absolute Gasteiger partial charge is 0.395 e. The van der Waals surface area contributed by atoms with Gasteiger partial charge >= 0.3 is 0 Å². The molecule has 0 radical (unpaired) electrons. The minimum atomic E-state index is -1.06. The molecule has 0 aromatic carbocycles. The van der Waals surface area contributed by atoms with Gasteiger partial charge in [-0.2, -0.15) is 0 Å². The van der Waals surface area contributed by atoms with Crippen LogP contribution in [0.3, 0.4) is 0 Å². The van der Waals surface area contributed by atoms with Crippen LogP contribution >= 0.6 is 15.9 Å². The van der Waals surface area contributed by atoms with Crippen LogP contribution in [0.1, 0.15) is 27.2 Å². The number of aliphatic hydroxyl groups excluding tert-OH is 1. The van der Waals surface area contributed by atoms with Gasteiger partial charge in [0.05, 0.1) is 24.5 Å². The summed E-state index contributed by atoms with van der Waals surface area (Å²) in [6, 6.07) is -0.869. The summed E-state index contributed by atoms with van der Waals surface area (Å²) in [7, 11) is 1.53. The van der Waals surface area contributed by atoms with Gasteiger partial charge in [0.1, 0.15) is 11.6 Å². The van der Waals surface area contributed by atoms with Crippen LogP contribution in [0.2, 0.25) is 0 Å². The standard InChI is InChI=1S/C17H26BrN3O5/c1-16(2,3)20-14(24)12-17-7-8(18)11(26-17)9(13(23)19-4)10(17)15(25)21(12)5-6-22/h8-12,22H,5-7H2,1-4H3,(H,19,23)(H,20,24)/t8?,9-,10+,11-,12?,17?/m1/s1. The first-order valence-corrected chi connectivity index (χ1v) is 9.76. The van der Waals surface area contributed by atoms with Crippen molar-refractivity contribution < 1.29 is 24.2 Å². The smallest absolute Gasteiger partial charge is 0.246 e. The van der Waals surface area contributed by atoms with Gasteiger partial charge in [0, 0.05) is 24.0 Å². The number of carbonyl (C=O) groups is 3. The van der Waals surface area contributed by atoms with Crippen molar-refractivity contribution in [1.29, 1.82) is 0 Å². The first-order valence-electron chi connectivity index (χ1n) is 8.84. The summed E-state index contributed by atoms with van der Waals surface area (Å²) >= 11 is 3.57. The predicted molar refractivity (Wildman–Crippen MR) is 96.5 cm³/mol. The quantitative estimate of drug-likeness (QED) is 0.514. The maximum absolute atomic E-state index is 13.1. The molecule has 6 atom stereocenters. The summed E-state index contributed by atoms with van der Waals surface area (Å²) in [5, 5.41) is 15.0. The van der Waals surface area contributed by atoms with Gasteiger partial charge in [-0.3, -0.25) is 14.4 Å². The van der Waals surface area contributed by atoms with Crippen molar-refractivity contribution in [3.63, 3.8) is 0 Å². The van der Waals surface area contributed by atoms with E-state index in [9.17, 15) is 19.5 Å². The van der Waals surface area contributed by atoms with E-state index >= 15 is 0 Å². The molecule has 3 fully saturated rings. The van der Waals surface area contributed by atoms with Crippen LogP contribution in [0, 0.1) is 11.8 Å². The number of hydrogen-bond donors (Lipinski definition) is 3. The number of ether oxygens (including phenoxy) is 1. The number of amides is 3. The zero-order valence-corrected chi connectivity index (χ0v) is 17.0. The molecular formula is C17H26BrN3O5. The Morgan fingerprint density at radius 3 is 2.58 bits per heavy atom. The fourth-order valence-electron chi connectivity index (χ4n) is 4.68. The summed E-state index contributed by atoms with van der Waals surface area (Å²) in [6.07, 6.45) is 0.0104. The number of fused-ring (bicyclic) bond motifs is 1. The molecule has 3 amide bonds. The lowest BCUT2D eigenvalue weighted by molar-refractivity contribution is -0.143. The number of alkyl halides is 1. The van der Waals surface area contributed by atoms with Crippen molar-refractivity contribution in [3.05, 3.63) is 0 Å². The molecule has 1 spiro atoms. The molecule has 9 heteroatoms.